The molecule has 1 unspecified atom stereocenters. The minimum atomic E-state index is -1.32. The Labute approximate surface area is 133 Å². The molecule has 1 aliphatic rings. The summed E-state index contributed by atoms with van der Waals surface area (Å²) < 4.78 is 18.0. The fourth-order valence-corrected chi connectivity index (χ4v) is 2.32. The highest BCUT2D eigenvalue weighted by Crippen LogP contribution is 2.28. The number of hydrogen-bond donors (Lipinski definition) is 1. The maximum absolute atomic E-state index is 13.0. The molecule has 6 nitrogen and oxygen atoms in total. The normalized spacial score (nSPS) is 20.6. The molecule has 2 rings (SSSR count). The number of carbonyl (C=O) groups is 3. The first-order valence-electron chi connectivity index (χ1n) is 7.44. The van der Waals surface area contributed by atoms with E-state index in [9.17, 15) is 18.8 Å². The Morgan fingerprint density at radius 1 is 1.30 bits per heavy atom. The van der Waals surface area contributed by atoms with Crippen molar-refractivity contribution in [1.29, 1.82) is 0 Å². The molecule has 1 N–H and O–H groups in total. The summed E-state index contributed by atoms with van der Waals surface area (Å²) in [6, 6.07) is 4.60. The van der Waals surface area contributed by atoms with Crippen LogP contribution in [0.2, 0.25) is 0 Å². The number of rotatable bonds is 6. The Kier molecular flexibility index (Phi) is 4.98. The lowest BCUT2D eigenvalue weighted by atomic mass is 9.92. The molecule has 0 aromatic heterocycles. The van der Waals surface area contributed by atoms with Crippen LogP contribution in [0.4, 0.5) is 9.18 Å². The fourth-order valence-electron chi connectivity index (χ4n) is 2.32. The molecule has 7 heteroatoms. The number of esters is 1. The van der Waals surface area contributed by atoms with Crippen LogP contribution in [0, 0.1) is 5.82 Å². The standard InChI is InChI=1S/C16H19FN2O4/c1-3-4-9-23-13(20)10-19-14(21)16(2,18-15(19)22)11-5-7-12(17)8-6-11/h5-8H,3-4,9-10H2,1-2H3,(H,18,22). The van der Waals surface area contributed by atoms with Crippen LogP contribution in [0.15, 0.2) is 24.3 Å². The Morgan fingerprint density at radius 2 is 1.96 bits per heavy atom. The third-order valence-electron chi connectivity index (χ3n) is 3.74. The molecule has 1 fully saturated rings. The van der Waals surface area contributed by atoms with E-state index in [0.29, 0.717) is 5.56 Å². The van der Waals surface area contributed by atoms with Gasteiger partial charge in [0.1, 0.15) is 17.9 Å². The summed E-state index contributed by atoms with van der Waals surface area (Å²) in [7, 11) is 0. The minimum Gasteiger partial charge on any atom is -0.464 e. The molecule has 0 spiro atoms. The number of benzene rings is 1. The Bertz CT molecular complexity index is 617. The first-order chi connectivity index (χ1) is 10.9. The average molecular weight is 322 g/mol. The Hall–Kier alpha value is -2.44. The number of halogens is 1. The van der Waals surface area contributed by atoms with E-state index in [4.69, 9.17) is 4.74 Å². The van der Waals surface area contributed by atoms with Gasteiger partial charge in [0.15, 0.2) is 0 Å². The van der Waals surface area contributed by atoms with E-state index < -0.39 is 35.8 Å². The van der Waals surface area contributed by atoms with Crippen LogP contribution in [-0.4, -0.2) is 36.0 Å². The van der Waals surface area contributed by atoms with Crippen LogP contribution in [-0.2, 0) is 19.9 Å². The average Bonchev–Trinajstić information content (AvgIpc) is 2.72. The maximum Gasteiger partial charge on any atom is 0.326 e. The molecule has 1 saturated heterocycles. The third kappa shape index (κ3) is 3.49. The SMILES string of the molecule is CCCCOC(=O)CN1C(=O)NC(C)(c2ccc(F)cc2)C1=O. The van der Waals surface area contributed by atoms with Crippen molar-refractivity contribution in [3.8, 4) is 0 Å². The van der Waals surface area contributed by atoms with Gasteiger partial charge in [0.2, 0.25) is 0 Å². The zero-order chi connectivity index (χ0) is 17.0. The van der Waals surface area contributed by atoms with Gasteiger partial charge in [0, 0.05) is 0 Å². The molecule has 1 atom stereocenters. The van der Waals surface area contributed by atoms with Crippen molar-refractivity contribution >= 4 is 17.9 Å². The van der Waals surface area contributed by atoms with E-state index in [2.05, 4.69) is 5.32 Å². The van der Waals surface area contributed by atoms with E-state index in [1.54, 1.807) is 0 Å². The van der Waals surface area contributed by atoms with Crippen LogP contribution >= 0.6 is 0 Å². The second-order valence-corrected chi connectivity index (χ2v) is 5.53. The van der Waals surface area contributed by atoms with Crippen LogP contribution in [0.5, 0.6) is 0 Å². The highest BCUT2D eigenvalue weighted by molar-refractivity contribution is 6.08. The zero-order valence-corrected chi connectivity index (χ0v) is 13.1. The van der Waals surface area contributed by atoms with Crippen molar-refractivity contribution in [2.75, 3.05) is 13.2 Å². The number of ether oxygens (including phenoxy) is 1. The largest absolute Gasteiger partial charge is 0.464 e. The molecule has 0 saturated carbocycles. The third-order valence-corrected chi connectivity index (χ3v) is 3.74. The van der Waals surface area contributed by atoms with E-state index in [1.165, 1.54) is 31.2 Å². The second kappa shape index (κ2) is 6.76. The van der Waals surface area contributed by atoms with Crippen molar-refractivity contribution in [3.63, 3.8) is 0 Å². The molecule has 1 aromatic rings. The van der Waals surface area contributed by atoms with Gasteiger partial charge < -0.3 is 10.1 Å². The van der Waals surface area contributed by atoms with E-state index in [-0.39, 0.29) is 6.61 Å². The molecule has 0 bridgehead atoms. The van der Waals surface area contributed by atoms with Crippen molar-refractivity contribution in [2.24, 2.45) is 0 Å². The Morgan fingerprint density at radius 3 is 2.57 bits per heavy atom. The van der Waals surface area contributed by atoms with Crippen LogP contribution in [0.25, 0.3) is 0 Å². The summed E-state index contributed by atoms with van der Waals surface area (Å²) in [6.45, 7) is 3.29. The molecular formula is C16H19FN2O4. The lowest BCUT2D eigenvalue weighted by Gasteiger charge is -2.22. The first kappa shape index (κ1) is 16.9. The van der Waals surface area contributed by atoms with Crippen LogP contribution in [0.1, 0.15) is 32.3 Å². The van der Waals surface area contributed by atoms with Gasteiger partial charge in [-0.05, 0) is 31.0 Å². The van der Waals surface area contributed by atoms with Gasteiger partial charge in [-0.25, -0.2) is 9.18 Å². The van der Waals surface area contributed by atoms with Gasteiger partial charge in [-0.3, -0.25) is 14.5 Å². The van der Waals surface area contributed by atoms with Gasteiger partial charge >= 0.3 is 12.0 Å². The predicted molar refractivity (Wildman–Crippen MR) is 79.9 cm³/mol. The van der Waals surface area contributed by atoms with Crippen molar-refractivity contribution in [1.82, 2.24) is 10.2 Å². The highest BCUT2D eigenvalue weighted by atomic mass is 19.1. The molecule has 3 amide bonds. The number of unbranched alkanes of at least 4 members (excludes halogenated alkanes) is 1. The monoisotopic (exact) mass is 322 g/mol. The lowest BCUT2D eigenvalue weighted by Crippen LogP contribution is -2.41. The molecule has 124 valence electrons. The van der Waals surface area contributed by atoms with Gasteiger partial charge in [-0.15, -0.1) is 0 Å². The zero-order valence-electron chi connectivity index (χ0n) is 13.1. The lowest BCUT2D eigenvalue weighted by molar-refractivity contribution is -0.147. The minimum absolute atomic E-state index is 0.258. The number of urea groups is 1. The molecule has 23 heavy (non-hydrogen) atoms. The second-order valence-electron chi connectivity index (χ2n) is 5.53. The molecule has 1 aliphatic heterocycles. The van der Waals surface area contributed by atoms with Gasteiger partial charge in [0.05, 0.1) is 6.61 Å². The predicted octanol–water partition coefficient (Wildman–Crippen LogP) is 1.94. The summed E-state index contributed by atoms with van der Waals surface area (Å²) in [4.78, 5) is 37.1. The quantitative estimate of drug-likeness (QED) is 0.493. The van der Waals surface area contributed by atoms with Crippen LogP contribution in [0.3, 0.4) is 0 Å². The molecule has 1 heterocycles. The number of nitrogens with one attached hydrogen (secondary N) is 1. The van der Waals surface area contributed by atoms with Crippen molar-refractivity contribution in [2.45, 2.75) is 32.2 Å². The van der Waals surface area contributed by atoms with Gasteiger partial charge in [-0.2, -0.15) is 0 Å². The maximum atomic E-state index is 13.0. The van der Waals surface area contributed by atoms with Gasteiger partial charge in [-0.1, -0.05) is 25.5 Å². The fraction of sp³-hybridized carbons (Fsp3) is 0.438. The number of nitrogens with zero attached hydrogens (tertiary/aromatic N) is 1. The van der Waals surface area contributed by atoms with Crippen molar-refractivity contribution < 1.29 is 23.5 Å². The summed E-state index contributed by atoms with van der Waals surface area (Å²) in [6.07, 6.45) is 1.60. The van der Waals surface area contributed by atoms with E-state index in [0.717, 1.165) is 17.7 Å². The van der Waals surface area contributed by atoms with Crippen LogP contribution < -0.4 is 5.32 Å². The number of amides is 3. The highest BCUT2D eigenvalue weighted by Gasteiger charge is 2.49. The number of hydrogen-bond acceptors (Lipinski definition) is 4. The molecule has 1 aromatic carbocycles. The molecular weight excluding hydrogens is 303 g/mol. The first-order valence-corrected chi connectivity index (χ1v) is 7.44. The number of carbonyl (C=O) groups excluding carboxylic acids is 3. The Balaban J connectivity index is 2.10. The summed E-state index contributed by atoms with van der Waals surface area (Å²) in [5.41, 5.74) is -0.881. The summed E-state index contributed by atoms with van der Waals surface area (Å²) in [5, 5.41) is 2.55. The smallest absolute Gasteiger partial charge is 0.326 e. The topological polar surface area (TPSA) is 75.7 Å². The molecule has 0 radical (unpaired) electrons. The van der Waals surface area contributed by atoms with E-state index >= 15 is 0 Å². The summed E-state index contributed by atoms with van der Waals surface area (Å²) >= 11 is 0. The van der Waals surface area contributed by atoms with E-state index in [1.807, 2.05) is 6.92 Å². The summed E-state index contributed by atoms with van der Waals surface area (Å²) in [5.74, 6) is -1.64. The molecule has 0 aliphatic carbocycles. The van der Waals surface area contributed by atoms with Gasteiger partial charge in [0.25, 0.3) is 5.91 Å². The van der Waals surface area contributed by atoms with Crippen molar-refractivity contribution in [3.05, 3.63) is 35.6 Å². The number of imide groups is 1.